The SMILES string of the molecule is O=S(=O)(O)CCCCP(c1ccccc1)c1ccccc1.[NaH]. The summed E-state index contributed by atoms with van der Waals surface area (Å²) in [6, 6.07) is 20.6. The van der Waals surface area contributed by atoms with Crippen molar-refractivity contribution in [3.63, 3.8) is 0 Å². The van der Waals surface area contributed by atoms with Gasteiger partial charge >= 0.3 is 29.6 Å². The molecule has 0 unspecified atom stereocenters. The molecule has 2 rings (SSSR count). The Kier molecular flexibility index (Phi) is 8.85. The molecule has 3 nitrogen and oxygen atoms in total. The van der Waals surface area contributed by atoms with Crippen molar-refractivity contribution in [1.29, 1.82) is 0 Å². The van der Waals surface area contributed by atoms with Crippen LogP contribution in [0.1, 0.15) is 12.8 Å². The molecule has 0 aliphatic rings. The van der Waals surface area contributed by atoms with E-state index < -0.39 is 18.0 Å². The number of hydrogen-bond acceptors (Lipinski definition) is 2. The van der Waals surface area contributed by atoms with E-state index in [4.69, 9.17) is 4.55 Å². The molecule has 6 heteroatoms. The Balaban J connectivity index is 0.00000242. The van der Waals surface area contributed by atoms with Gasteiger partial charge in [-0.25, -0.2) is 0 Å². The summed E-state index contributed by atoms with van der Waals surface area (Å²) in [5.41, 5.74) is 0. The van der Waals surface area contributed by atoms with Crippen LogP contribution in [-0.4, -0.2) is 54.4 Å². The number of unbranched alkanes of at least 4 members (excludes halogenated alkanes) is 1. The fourth-order valence-electron chi connectivity index (χ4n) is 2.18. The van der Waals surface area contributed by atoms with Gasteiger partial charge in [-0.15, -0.1) is 0 Å². The monoisotopic (exact) mass is 346 g/mol. The summed E-state index contributed by atoms with van der Waals surface area (Å²) in [7, 11) is -4.32. The number of rotatable bonds is 7. The quantitative estimate of drug-likeness (QED) is 0.362. The molecule has 0 amide bonds. The van der Waals surface area contributed by atoms with Gasteiger partial charge < -0.3 is 0 Å². The Bertz CT molecular complexity index is 608. The molecule has 0 radical (unpaired) electrons. The first-order valence-corrected chi connectivity index (χ1v) is 10.0. The first kappa shape index (κ1) is 19.8. The second-order valence-corrected chi connectivity index (χ2v) is 8.72. The van der Waals surface area contributed by atoms with E-state index in [1.165, 1.54) is 10.6 Å². The zero-order valence-corrected chi connectivity index (χ0v) is 13.4. The predicted octanol–water partition coefficient (Wildman–Crippen LogP) is 2.14. The molecule has 0 atom stereocenters. The molecule has 0 saturated carbocycles. The second kappa shape index (κ2) is 9.82. The molecular formula is C16H20NaO3PS. The van der Waals surface area contributed by atoms with Gasteiger partial charge in [0.05, 0.1) is 5.75 Å². The summed E-state index contributed by atoms with van der Waals surface area (Å²) >= 11 is 0. The van der Waals surface area contributed by atoms with Crippen LogP contribution < -0.4 is 10.6 Å². The fourth-order valence-corrected chi connectivity index (χ4v) is 5.16. The topological polar surface area (TPSA) is 54.4 Å². The van der Waals surface area contributed by atoms with Gasteiger partial charge in [-0.05, 0) is 37.5 Å². The minimum absolute atomic E-state index is 0. The third-order valence-corrected chi connectivity index (χ3v) is 6.58. The third kappa shape index (κ3) is 6.91. The third-order valence-electron chi connectivity index (χ3n) is 3.17. The van der Waals surface area contributed by atoms with Crippen molar-refractivity contribution >= 4 is 58.2 Å². The van der Waals surface area contributed by atoms with E-state index in [9.17, 15) is 8.42 Å². The van der Waals surface area contributed by atoms with E-state index in [1.807, 2.05) is 36.4 Å². The Morgan fingerprint density at radius 1 is 0.818 bits per heavy atom. The van der Waals surface area contributed by atoms with E-state index in [2.05, 4.69) is 24.3 Å². The Morgan fingerprint density at radius 3 is 1.68 bits per heavy atom. The van der Waals surface area contributed by atoms with Gasteiger partial charge in [0, 0.05) is 0 Å². The van der Waals surface area contributed by atoms with Crippen LogP contribution in [0, 0.1) is 0 Å². The van der Waals surface area contributed by atoms with E-state index >= 15 is 0 Å². The summed E-state index contributed by atoms with van der Waals surface area (Å²) in [4.78, 5) is 0. The van der Waals surface area contributed by atoms with Crippen LogP contribution in [0.3, 0.4) is 0 Å². The van der Waals surface area contributed by atoms with Crippen molar-refractivity contribution in [2.45, 2.75) is 12.8 Å². The number of hydrogen-bond donors (Lipinski definition) is 1. The van der Waals surface area contributed by atoms with Crippen molar-refractivity contribution in [3.8, 4) is 0 Å². The van der Waals surface area contributed by atoms with Crippen molar-refractivity contribution in [2.75, 3.05) is 11.9 Å². The minimum atomic E-state index is -3.84. The van der Waals surface area contributed by atoms with E-state index in [1.54, 1.807) is 0 Å². The average Bonchev–Trinajstić information content (AvgIpc) is 2.48. The van der Waals surface area contributed by atoms with Crippen LogP contribution in [-0.2, 0) is 10.1 Å². The molecule has 0 aliphatic heterocycles. The van der Waals surface area contributed by atoms with E-state index in [0.29, 0.717) is 6.42 Å². The standard InChI is InChI=1S/C16H19O3PS.Na.H/c17-21(18,19)14-8-7-13-20(15-9-3-1-4-10-15)16-11-5-2-6-12-16;;/h1-6,9-12H,7-8,13-14H2,(H,17,18,19);;. The van der Waals surface area contributed by atoms with Crippen LogP contribution in [0.4, 0.5) is 0 Å². The molecule has 2 aromatic carbocycles. The molecular weight excluding hydrogens is 326 g/mol. The maximum absolute atomic E-state index is 10.8. The van der Waals surface area contributed by atoms with Crippen molar-refractivity contribution in [3.05, 3.63) is 60.7 Å². The van der Waals surface area contributed by atoms with Gasteiger partial charge in [-0.3, -0.25) is 4.55 Å². The van der Waals surface area contributed by atoms with Gasteiger partial charge in [0.2, 0.25) is 0 Å². The molecule has 2 aromatic rings. The van der Waals surface area contributed by atoms with Crippen LogP contribution in [0.25, 0.3) is 0 Å². The molecule has 114 valence electrons. The summed E-state index contributed by atoms with van der Waals surface area (Å²) in [5, 5.41) is 2.59. The van der Waals surface area contributed by atoms with Gasteiger partial charge in [0.25, 0.3) is 10.1 Å². The van der Waals surface area contributed by atoms with Crippen molar-refractivity contribution < 1.29 is 13.0 Å². The van der Waals surface area contributed by atoms with Crippen molar-refractivity contribution in [1.82, 2.24) is 0 Å². The van der Waals surface area contributed by atoms with Gasteiger partial charge in [-0.1, -0.05) is 60.7 Å². The van der Waals surface area contributed by atoms with Crippen molar-refractivity contribution in [2.24, 2.45) is 0 Å². The Hall–Kier alpha value is -0.220. The van der Waals surface area contributed by atoms with E-state index in [-0.39, 0.29) is 35.3 Å². The molecule has 0 aliphatic carbocycles. The Morgan fingerprint density at radius 2 is 1.27 bits per heavy atom. The Labute approximate surface area is 155 Å². The maximum atomic E-state index is 10.8. The average molecular weight is 346 g/mol. The summed E-state index contributed by atoms with van der Waals surface area (Å²) < 4.78 is 30.3. The molecule has 0 saturated heterocycles. The van der Waals surface area contributed by atoms with Crippen LogP contribution >= 0.6 is 7.92 Å². The van der Waals surface area contributed by atoms with Crippen LogP contribution in [0.5, 0.6) is 0 Å². The first-order chi connectivity index (χ1) is 10.1. The predicted molar refractivity (Wildman–Crippen MR) is 96.7 cm³/mol. The van der Waals surface area contributed by atoms with Gasteiger partial charge in [0.15, 0.2) is 0 Å². The summed E-state index contributed by atoms with van der Waals surface area (Å²) in [6.07, 6.45) is 2.21. The van der Waals surface area contributed by atoms with Gasteiger partial charge in [-0.2, -0.15) is 8.42 Å². The molecule has 0 aromatic heterocycles. The summed E-state index contributed by atoms with van der Waals surface area (Å²) in [6.45, 7) is 0. The molecule has 22 heavy (non-hydrogen) atoms. The molecule has 0 spiro atoms. The van der Waals surface area contributed by atoms with Gasteiger partial charge in [0.1, 0.15) is 0 Å². The molecule has 0 fully saturated rings. The summed E-state index contributed by atoms with van der Waals surface area (Å²) in [5.74, 6) is -0.153. The molecule has 0 bridgehead atoms. The number of benzene rings is 2. The fraction of sp³-hybridized carbons (Fsp3) is 0.250. The van der Waals surface area contributed by atoms with Crippen LogP contribution in [0.2, 0.25) is 0 Å². The van der Waals surface area contributed by atoms with E-state index in [0.717, 1.165) is 12.6 Å². The van der Waals surface area contributed by atoms with Crippen LogP contribution in [0.15, 0.2) is 60.7 Å². The molecule has 0 heterocycles. The normalized spacial score (nSPS) is 11.2. The zero-order valence-electron chi connectivity index (χ0n) is 11.7. The zero-order chi connectivity index (χ0) is 15.1. The molecule has 1 N–H and O–H groups in total. The second-order valence-electron chi connectivity index (χ2n) is 4.82. The first-order valence-electron chi connectivity index (χ1n) is 6.89.